The molecule has 5 heteroatoms. The molecule has 0 aromatic heterocycles. The molecular weight excluding hydrogens is 234 g/mol. The number of rotatable bonds is 2. The van der Waals surface area contributed by atoms with Gasteiger partial charge in [-0.2, -0.15) is 0 Å². The van der Waals surface area contributed by atoms with Gasteiger partial charge in [0.1, 0.15) is 5.60 Å². The standard InChI is InChI=1S/C13H19NO4/c1-12(2,3)18-11(17)14-9-6-4-7-8(9)13(7,5-6)10(15)16/h6-9H,4-5H2,1-3H3,(H,14,17)(H,15,16). The molecule has 100 valence electrons. The van der Waals surface area contributed by atoms with Crippen LogP contribution >= 0.6 is 0 Å². The van der Waals surface area contributed by atoms with Crippen LogP contribution in [-0.2, 0) is 9.53 Å². The van der Waals surface area contributed by atoms with Crippen molar-refractivity contribution in [1.29, 1.82) is 0 Å². The average Bonchev–Trinajstić information content (AvgIpc) is 2.56. The minimum atomic E-state index is -0.687. The molecule has 4 saturated carbocycles. The lowest BCUT2D eigenvalue weighted by molar-refractivity contribution is -0.143. The molecule has 5 atom stereocenters. The van der Waals surface area contributed by atoms with E-state index in [4.69, 9.17) is 4.74 Å². The zero-order chi connectivity index (χ0) is 13.3. The first-order valence-electron chi connectivity index (χ1n) is 6.48. The summed E-state index contributed by atoms with van der Waals surface area (Å²) < 4.78 is 5.23. The molecule has 5 nitrogen and oxygen atoms in total. The quantitative estimate of drug-likeness (QED) is 0.784. The summed E-state index contributed by atoms with van der Waals surface area (Å²) in [4.78, 5) is 23.1. The molecule has 18 heavy (non-hydrogen) atoms. The summed E-state index contributed by atoms with van der Waals surface area (Å²) in [5.74, 6) is 0.0459. The predicted molar refractivity (Wildman–Crippen MR) is 62.9 cm³/mol. The molecule has 5 unspecified atom stereocenters. The van der Waals surface area contributed by atoms with Gasteiger partial charge in [0.2, 0.25) is 0 Å². The van der Waals surface area contributed by atoms with Crippen LogP contribution in [0.3, 0.4) is 0 Å². The van der Waals surface area contributed by atoms with Gasteiger partial charge >= 0.3 is 12.1 Å². The normalized spacial score (nSPS) is 43.7. The first-order chi connectivity index (χ1) is 8.25. The number of carboxylic acids is 1. The highest BCUT2D eigenvalue weighted by molar-refractivity contribution is 5.82. The summed E-state index contributed by atoms with van der Waals surface area (Å²) in [5.41, 5.74) is -1.04. The Balaban J connectivity index is 1.65. The van der Waals surface area contributed by atoms with Gasteiger partial charge in [-0.15, -0.1) is 0 Å². The van der Waals surface area contributed by atoms with E-state index in [-0.39, 0.29) is 17.9 Å². The maximum absolute atomic E-state index is 11.7. The lowest BCUT2D eigenvalue weighted by atomic mass is 10.1. The largest absolute Gasteiger partial charge is 0.481 e. The van der Waals surface area contributed by atoms with E-state index in [1.165, 1.54) is 0 Å². The molecule has 2 N–H and O–H groups in total. The van der Waals surface area contributed by atoms with Crippen molar-refractivity contribution in [1.82, 2.24) is 5.32 Å². The number of hydrogen-bond donors (Lipinski definition) is 2. The minimum Gasteiger partial charge on any atom is -0.481 e. The first kappa shape index (κ1) is 11.8. The molecule has 4 rings (SSSR count). The van der Waals surface area contributed by atoms with E-state index < -0.39 is 23.1 Å². The van der Waals surface area contributed by atoms with Crippen LogP contribution in [-0.4, -0.2) is 28.8 Å². The molecule has 0 heterocycles. The van der Waals surface area contributed by atoms with Gasteiger partial charge in [-0.05, 0) is 51.4 Å². The number of aliphatic carboxylic acids is 1. The van der Waals surface area contributed by atoms with Gasteiger partial charge in [0.15, 0.2) is 0 Å². The second kappa shape index (κ2) is 3.19. The Bertz CT molecular complexity index is 427. The van der Waals surface area contributed by atoms with Crippen LogP contribution in [0.15, 0.2) is 0 Å². The smallest absolute Gasteiger partial charge is 0.407 e. The van der Waals surface area contributed by atoms with Gasteiger partial charge < -0.3 is 15.2 Å². The molecule has 0 aliphatic heterocycles. The SMILES string of the molecule is CC(C)(C)OC(=O)NC1C2CC3C1C3(C(=O)O)C2. The molecule has 4 aliphatic rings. The van der Waals surface area contributed by atoms with Crippen LogP contribution in [0, 0.1) is 23.2 Å². The molecule has 0 aromatic carbocycles. The summed E-state index contributed by atoms with van der Waals surface area (Å²) in [5, 5.41) is 12.2. The number of hydrogen-bond acceptors (Lipinski definition) is 3. The zero-order valence-electron chi connectivity index (χ0n) is 10.9. The Hall–Kier alpha value is -1.26. The summed E-state index contributed by atoms with van der Waals surface area (Å²) in [6, 6.07) is 0.000880. The second-order valence-corrected chi connectivity index (χ2v) is 6.85. The van der Waals surface area contributed by atoms with Crippen LogP contribution < -0.4 is 5.32 Å². The third-order valence-electron chi connectivity index (χ3n) is 4.71. The minimum absolute atomic E-state index is 0.000880. The number of amides is 1. The monoisotopic (exact) mass is 253 g/mol. The topological polar surface area (TPSA) is 75.6 Å². The molecule has 4 bridgehead atoms. The van der Waals surface area contributed by atoms with E-state index in [0.717, 1.165) is 12.8 Å². The zero-order valence-corrected chi connectivity index (χ0v) is 10.9. The van der Waals surface area contributed by atoms with Gasteiger partial charge in [0, 0.05) is 6.04 Å². The second-order valence-electron chi connectivity index (χ2n) is 6.85. The number of carbonyl (C=O) groups is 2. The van der Waals surface area contributed by atoms with Crippen LogP contribution in [0.4, 0.5) is 4.79 Å². The highest BCUT2D eigenvalue weighted by Gasteiger charge is 2.82. The predicted octanol–water partition coefficient (Wildman–Crippen LogP) is 1.62. The summed E-state index contributed by atoms with van der Waals surface area (Å²) >= 11 is 0. The van der Waals surface area contributed by atoms with Gasteiger partial charge in [0.05, 0.1) is 5.41 Å². The van der Waals surface area contributed by atoms with Crippen molar-refractivity contribution in [3.05, 3.63) is 0 Å². The molecule has 0 spiro atoms. The van der Waals surface area contributed by atoms with Crippen molar-refractivity contribution in [3.8, 4) is 0 Å². The van der Waals surface area contributed by atoms with Gasteiger partial charge in [-0.1, -0.05) is 0 Å². The van der Waals surface area contributed by atoms with Gasteiger partial charge in [0.25, 0.3) is 0 Å². The third-order valence-corrected chi connectivity index (χ3v) is 4.71. The number of carboxylic acid groups (broad SMARTS) is 1. The third kappa shape index (κ3) is 1.39. The highest BCUT2D eigenvalue weighted by atomic mass is 16.6. The van der Waals surface area contributed by atoms with Crippen LogP contribution in [0.25, 0.3) is 0 Å². The Morgan fingerprint density at radius 2 is 2.06 bits per heavy atom. The summed E-state index contributed by atoms with van der Waals surface area (Å²) in [7, 11) is 0. The van der Waals surface area contributed by atoms with Crippen molar-refractivity contribution in [3.63, 3.8) is 0 Å². The average molecular weight is 253 g/mol. The number of alkyl carbamates (subject to hydrolysis) is 1. The molecule has 4 fully saturated rings. The maximum Gasteiger partial charge on any atom is 0.407 e. The van der Waals surface area contributed by atoms with E-state index in [1.807, 2.05) is 20.8 Å². The fourth-order valence-corrected chi connectivity index (χ4v) is 4.22. The van der Waals surface area contributed by atoms with Crippen molar-refractivity contribution >= 4 is 12.1 Å². The van der Waals surface area contributed by atoms with E-state index >= 15 is 0 Å². The molecule has 4 aliphatic carbocycles. The fraction of sp³-hybridized carbons (Fsp3) is 0.846. The number of carbonyl (C=O) groups excluding carboxylic acids is 1. The van der Waals surface area contributed by atoms with Crippen molar-refractivity contribution in [2.24, 2.45) is 23.2 Å². The van der Waals surface area contributed by atoms with Crippen molar-refractivity contribution in [2.45, 2.75) is 45.3 Å². The summed E-state index contributed by atoms with van der Waals surface area (Å²) in [6.07, 6.45) is 1.24. The molecule has 0 saturated heterocycles. The number of ether oxygens (including phenoxy) is 1. The molecule has 0 aromatic rings. The molecular formula is C13H19NO4. The fourth-order valence-electron chi connectivity index (χ4n) is 4.22. The molecule has 1 amide bonds. The van der Waals surface area contributed by atoms with E-state index in [9.17, 15) is 14.7 Å². The van der Waals surface area contributed by atoms with Gasteiger partial charge in [-0.25, -0.2) is 4.79 Å². The van der Waals surface area contributed by atoms with Crippen LogP contribution in [0.1, 0.15) is 33.6 Å². The van der Waals surface area contributed by atoms with Crippen LogP contribution in [0.2, 0.25) is 0 Å². The van der Waals surface area contributed by atoms with Crippen LogP contribution in [0.5, 0.6) is 0 Å². The lowest BCUT2D eigenvalue weighted by Gasteiger charge is -2.23. The molecule has 0 radical (unpaired) electrons. The lowest BCUT2D eigenvalue weighted by Crippen LogP contribution is -2.41. The van der Waals surface area contributed by atoms with Gasteiger partial charge in [-0.3, -0.25) is 4.79 Å². The Kier molecular flexibility index (Phi) is 2.09. The Labute approximate surface area is 106 Å². The maximum atomic E-state index is 11.7. The Morgan fingerprint density at radius 3 is 2.50 bits per heavy atom. The van der Waals surface area contributed by atoms with Crippen molar-refractivity contribution in [2.75, 3.05) is 0 Å². The van der Waals surface area contributed by atoms with E-state index in [0.29, 0.717) is 5.92 Å². The number of nitrogens with one attached hydrogen (secondary N) is 1. The first-order valence-corrected chi connectivity index (χ1v) is 6.48. The summed E-state index contributed by atoms with van der Waals surface area (Å²) in [6.45, 7) is 5.46. The Morgan fingerprint density at radius 1 is 1.39 bits per heavy atom. The van der Waals surface area contributed by atoms with E-state index in [1.54, 1.807) is 0 Å². The highest BCUT2D eigenvalue weighted by Crippen LogP contribution is 2.79. The van der Waals surface area contributed by atoms with Crippen molar-refractivity contribution < 1.29 is 19.4 Å². The van der Waals surface area contributed by atoms with E-state index in [2.05, 4.69) is 5.32 Å².